The molecule has 1 aliphatic carbocycles. The van der Waals surface area contributed by atoms with E-state index in [1.165, 1.54) is 46.9 Å². The normalized spacial score (nSPS) is 16.7. The molecule has 1 saturated carbocycles. The number of carbonyl (C=O) groups excluding carboxylic acids is 3. The average Bonchev–Trinajstić information content (AvgIpc) is 3.62. The number of nitrogens with zero attached hydrogens (tertiary/aromatic N) is 6. The van der Waals surface area contributed by atoms with Crippen LogP contribution < -0.4 is 10.6 Å². The van der Waals surface area contributed by atoms with Crippen molar-refractivity contribution in [2.24, 2.45) is 13.0 Å². The maximum absolute atomic E-state index is 13.7. The Kier molecular flexibility index (Phi) is 9.67. The maximum Gasteiger partial charge on any atom is 0.435 e. The fourth-order valence-electron chi connectivity index (χ4n) is 5.34. The Bertz CT molecular complexity index is 1620. The first-order chi connectivity index (χ1) is 21.9. The van der Waals surface area contributed by atoms with Crippen LogP contribution >= 0.6 is 11.6 Å². The Morgan fingerprint density at radius 2 is 1.78 bits per heavy atom. The zero-order valence-corrected chi connectivity index (χ0v) is 25.5. The van der Waals surface area contributed by atoms with Crippen LogP contribution in [0.2, 0.25) is 5.02 Å². The summed E-state index contributed by atoms with van der Waals surface area (Å²) in [4.78, 5) is 54.6. The van der Waals surface area contributed by atoms with Crippen molar-refractivity contribution in [2.45, 2.75) is 31.5 Å². The smallest absolute Gasteiger partial charge is 0.435 e. The van der Waals surface area contributed by atoms with E-state index in [0.29, 0.717) is 38.5 Å². The first kappa shape index (κ1) is 32.9. The molecule has 2 aromatic heterocycles. The van der Waals surface area contributed by atoms with Crippen molar-refractivity contribution in [1.29, 1.82) is 0 Å². The predicted octanol–water partition coefficient (Wildman–Crippen LogP) is 3.14. The van der Waals surface area contributed by atoms with Crippen molar-refractivity contribution in [3.63, 3.8) is 0 Å². The molecule has 3 aliphatic rings. The summed E-state index contributed by atoms with van der Waals surface area (Å²) in [6, 6.07) is 4.41. The van der Waals surface area contributed by atoms with E-state index >= 15 is 0 Å². The minimum absolute atomic E-state index is 0.0566. The summed E-state index contributed by atoms with van der Waals surface area (Å²) < 4.78 is 43.8. The van der Waals surface area contributed by atoms with Crippen LogP contribution in [0.15, 0.2) is 30.6 Å². The lowest BCUT2D eigenvalue weighted by molar-refractivity contribution is -0.141. The topological polar surface area (TPSA) is 155 Å². The van der Waals surface area contributed by atoms with Crippen LogP contribution in [0.4, 0.5) is 18.9 Å². The van der Waals surface area contributed by atoms with E-state index in [1.807, 2.05) is 0 Å². The zero-order valence-electron chi connectivity index (χ0n) is 24.8. The fraction of sp³-hybridized carbons (Fsp3) is 0.448. The molecule has 17 heteroatoms. The van der Waals surface area contributed by atoms with Crippen LogP contribution in [0.1, 0.15) is 52.0 Å². The van der Waals surface area contributed by atoms with E-state index in [9.17, 15) is 27.6 Å². The lowest BCUT2D eigenvalue weighted by atomic mass is 9.98. The van der Waals surface area contributed by atoms with Crippen LogP contribution in [-0.4, -0.2) is 97.7 Å². The Hall–Kier alpha value is -4.44. The second-order valence-electron chi connectivity index (χ2n) is 11.3. The molecule has 2 saturated heterocycles. The Balaban J connectivity index is 0.00000134. The second kappa shape index (κ2) is 13.5. The Labute approximate surface area is 266 Å². The standard InChI is InChI=1S/C28H30ClF3N8O3.CH2O2/c1-37-22(20-15-40(18-3-4-18)36-24(20)28(30,31)32)14-34-25(37)26(42)35-17-2-5-19(21(29)11-17)27(43)39-8-6-38(7-9-39)23(41)10-16-12-33-13-16;2-1-3/h2,5,11,14-16,18,33H,3-4,6-10,12-13H2,1H3,(H,35,42);1H,(H,2,3). The lowest BCUT2D eigenvalue weighted by Crippen LogP contribution is -2.52. The van der Waals surface area contributed by atoms with Crippen molar-refractivity contribution in [3.05, 3.63) is 52.7 Å². The minimum atomic E-state index is -4.67. The Morgan fingerprint density at radius 1 is 1.13 bits per heavy atom. The van der Waals surface area contributed by atoms with Gasteiger partial charge in [-0.15, -0.1) is 0 Å². The number of aromatic nitrogens is 4. The predicted molar refractivity (Wildman–Crippen MR) is 159 cm³/mol. The summed E-state index contributed by atoms with van der Waals surface area (Å²) in [5, 5.41) is 16.6. The molecule has 6 rings (SSSR count). The summed E-state index contributed by atoms with van der Waals surface area (Å²) in [7, 11) is 1.46. The number of amides is 3. The fourth-order valence-corrected chi connectivity index (χ4v) is 5.60. The van der Waals surface area contributed by atoms with Crippen molar-refractivity contribution in [1.82, 2.24) is 34.4 Å². The van der Waals surface area contributed by atoms with E-state index < -0.39 is 17.8 Å². The molecule has 3 N–H and O–H groups in total. The van der Waals surface area contributed by atoms with Crippen LogP contribution in [0.3, 0.4) is 0 Å². The van der Waals surface area contributed by atoms with Gasteiger partial charge in [-0.25, -0.2) is 4.98 Å². The molecule has 3 aromatic rings. The molecule has 1 aromatic carbocycles. The van der Waals surface area contributed by atoms with Gasteiger partial charge in [0, 0.05) is 51.5 Å². The van der Waals surface area contributed by atoms with E-state index in [0.717, 1.165) is 25.9 Å². The van der Waals surface area contributed by atoms with Gasteiger partial charge in [0.15, 0.2) is 11.5 Å². The summed E-state index contributed by atoms with van der Waals surface area (Å²) in [5.74, 6) is -0.571. The molecule has 46 heavy (non-hydrogen) atoms. The van der Waals surface area contributed by atoms with Gasteiger partial charge in [0.05, 0.1) is 34.1 Å². The number of anilines is 1. The highest BCUT2D eigenvalue weighted by molar-refractivity contribution is 6.34. The molecule has 2 aliphatic heterocycles. The van der Waals surface area contributed by atoms with Gasteiger partial charge >= 0.3 is 6.18 Å². The summed E-state index contributed by atoms with van der Waals surface area (Å²) in [5.41, 5.74) is -0.535. The molecule has 13 nitrogen and oxygen atoms in total. The third kappa shape index (κ3) is 7.17. The van der Waals surface area contributed by atoms with Gasteiger partial charge in [0.2, 0.25) is 5.91 Å². The van der Waals surface area contributed by atoms with E-state index in [1.54, 1.807) is 9.80 Å². The molecular formula is C29H32ClF3N8O5. The number of piperazine rings is 1. The molecule has 3 fully saturated rings. The molecule has 0 unspecified atom stereocenters. The number of halogens is 4. The zero-order chi connectivity index (χ0) is 33.2. The van der Waals surface area contributed by atoms with Crippen LogP contribution in [0.5, 0.6) is 0 Å². The van der Waals surface area contributed by atoms with Gasteiger partial charge in [-0.1, -0.05) is 11.6 Å². The van der Waals surface area contributed by atoms with Crippen LogP contribution in [0.25, 0.3) is 11.3 Å². The number of benzene rings is 1. The van der Waals surface area contributed by atoms with Crippen LogP contribution in [0, 0.1) is 5.92 Å². The number of hydrogen-bond acceptors (Lipinski definition) is 7. The van der Waals surface area contributed by atoms with Crippen LogP contribution in [-0.2, 0) is 22.8 Å². The monoisotopic (exact) mass is 664 g/mol. The number of carboxylic acid groups (broad SMARTS) is 1. The minimum Gasteiger partial charge on any atom is -0.483 e. The van der Waals surface area contributed by atoms with Gasteiger partial charge in [-0.2, -0.15) is 18.3 Å². The molecule has 4 heterocycles. The number of hydrogen-bond donors (Lipinski definition) is 3. The average molecular weight is 665 g/mol. The SMILES string of the molecule is Cn1c(-c2cn(C3CC3)nc2C(F)(F)F)cnc1C(=O)Nc1ccc(C(=O)N2CCN(C(=O)CC3CNC3)CC2)c(Cl)c1.O=CO. The molecule has 0 spiro atoms. The molecule has 3 amide bonds. The number of rotatable bonds is 7. The number of imidazole rings is 1. The summed E-state index contributed by atoms with van der Waals surface area (Å²) >= 11 is 6.43. The van der Waals surface area contributed by atoms with Crippen molar-refractivity contribution in [3.8, 4) is 11.3 Å². The molecule has 0 bridgehead atoms. The first-order valence-corrected chi connectivity index (χ1v) is 14.9. The quantitative estimate of drug-likeness (QED) is 0.326. The van der Waals surface area contributed by atoms with Crippen molar-refractivity contribution in [2.75, 3.05) is 44.6 Å². The largest absolute Gasteiger partial charge is 0.483 e. The van der Waals surface area contributed by atoms with Crippen molar-refractivity contribution < 1.29 is 37.5 Å². The van der Waals surface area contributed by atoms with E-state index in [2.05, 4.69) is 20.7 Å². The first-order valence-electron chi connectivity index (χ1n) is 14.6. The van der Waals surface area contributed by atoms with E-state index in [-0.39, 0.29) is 57.7 Å². The van der Waals surface area contributed by atoms with E-state index in [4.69, 9.17) is 21.5 Å². The highest BCUT2D eigenvalue weighted by Gasteiger charge is 2.40. The second-order valence-corrected chi connectivity index (χ2v) is 11.7. The van der Waals surface area contributed by atoms with Gasteiger partial charge in [-0.05, 0) is 50.0 Å². The molecular weight excluding hydrogens is 633 g/mol. The molecule has 0 atom stereocenters. The van der Waals surface area contributed by atoms with Gasteiger partial charge < -0.3 is 30.1 Å². The third-order valence-corrected chi connectivity index (χ3v) is 8.41. The lowest BCUT2D eigenvalue weighted by Gasteiger charge is -2.36. The number of alkyl halides is 3. The highest BCUT2D eigenvalue weighted by Crippen LogP contribution is 2.41. The van der Waals surface area contributed by atoms with Crippen molar-refractivity contribution >= 4 is 41.5 Å². The third-order valence-electron chi connectivity index (χ3n) is 8.09. The van der Waals surface area contributed by atoms with Gasteiger partial charge in [-0.3, -0.25) is 23.9 Å². The van der Waals surface area contributed by atoms with Gasteiger partial charge in [0.25, 0.3) is 18.3 Å². The maximum atomic E-state index is 13.7. The molecule has 0 radical (unpaired) electrons. The number of carbonyl (C=O) groups is 4. The summed E-state index contributed by atoms with van der Waals surface area (Å²) in [6.45, 7) is 3.15. The van der Waals surface area contributed by atoms with Gasteiger partial charge in [0.1, 0.15) is 0 Å². The molecule has 246 valence electrons. The Morgan fingerprint density at radius 3 is 2.35 bits per heavy atom. The number of nitrogens with one attached hydrogen (secondary N) is 2. The highest BCUT2D eigenvalue weighted by atomic mass is 35.5. The summed E-state index contributed by atoms with van der Waals surface area (Å²) in [6.07, 6.45) is -0.0679.